The van der Waals surface area contributed by atoms with E-state index in [9.17, 15) is 9.59 Å². The van der Waals surface area contributed by atoms with Crippen molar-refractivity contribution in [2.24, 2.45) is 5.92 Å². The first-order chi connectivity index (χ1) is 11.3. The molecule has 1 saturated heterocycles. The van der Waals surface area contributed by atoms with E-state index in [1.54, 1.807) is 17.2 Å². The monoisotopic (exact) mass is 335 g/mol. The van der Waals surface area contributed by atoms with Crippen LogP contribution in [-0.2, 0) is 4.74 Å². The minimum atomic E-state index is -0.466. The summed E-state index contributed by atoms with van der Waals surface area (Å²) in [5.74, 6) is 0.354. The van der Waals surface area contributed by atoms with Crippen LogP contribution in [0.25, 0.3) is 0 Å². The standard InChI is InChI=1S/C18H29N3O3/c1-13-15(8-10-19-13)16(22)20-9-7-14-6-5-11-21(12-14)17(23)24-18(2,3)4/h8,10,14,19H,5-7,9,11-12H2,1-4H3,(H,20,22)/t14-/m0/s1. The summed E-state index contributed by atoms with van der Waals surface area (Å²) < 4.78 is 5.44. The zero-order valence-electron chi connectivity index (χ0n) is 15.1. The summed E-state index contributed by atoms with van der Waals surface area (Å²) in [4.78, 5) is 29.0. The molecule has 0 bridgehead atoms. The van der Waals surface area contributed by atoms with Gasteiger partial charge in [-0.15, -0.1) is 0 Å². The van der Waals surface area contributed by atoms with Gasteiger partial charge in [0.15, 0.2) is 0 Å². The van der Waals surface area contributed by atoms with Crippen LogP contribution >= 0.6 is 0 Å². The molecule has 2 N–H and O–H groups in total. The van der Waals surface area contributed by atoms with E-state index < -0.39 is 5.60 Å². The lowest BCUT2D eigenvalue weighted by atomic mass is 9.95. The molecule has 0 aliphatic carbocycles. The van der Waals surface area contributed by atoms with Gasteiger partial charge in [0.1, 0.15) is 5.60 Å². The van der Waals surface area contributed by atoms with E-state index in [-0.39, 0.29) is 12.0 Å². The van der Waals surface area contributed by atoms with Crippen LogP contribution in [0.1, 0.15) is 56.1 Å². The van der Waals surface area contributed by atoms with Crippen molar-refractivity contribution in [1.82, 2.24) is 15.2 Å². The van der Waals surface area contributed by atoms with Crippen molar-refractivity contribution < 1.29 is 14.3 Å². The molecule has 0 unspecified atom stereocenters. The van der Waals surface area contributed by atoms with Crippen LogP contribution in [0.3, 0.4) is 0 Å². The Labute approximate surface area is 143 Å². The largest absolute Gasteiger partial charge is 0.444 e. The number of amides is 2. The SMILES string of the molecule is Cc1[nH]ccc1C(=O)NCC[C@@H]1CCCN(C(=O)OC(C)(C)C)C1. The third-order valence-electron chi connectivity index (χ3n) is 4.21. The Morgan fingerprint density at radius 3 is 2.79 bits per heavy atom. The molecule has 0 radical (unpaired) electrons. The van der Waals surface area contributed by atoms with Crippen LogP contribution in [0, 0.1) is 12.8 Å². The summed E-state index contributed by atoms with van der Waals surface area (Å²) in [5, 5.41) is 2.96. The zero-order valence-corrected chi connectivity index (χ0v) is 15.1. The van der Waals surface area contributed by atoms with Crippen molar-refractivity contribution in [3.8, 4) is 0 Å². The molecule has 1 aliphatic heterocycles. The van der Waals surface area contributed by atoms with Crippen LogP contribution in [0.4, 0.5) is 4.79 Å². The van der Waals surface area contributed by atoms with Crippen molar-refractivity contribution in [2.75, 3.05) is 19.6 Å². The normalized spacial score (nSPS) is 18.3. The van der Waals surface area contributed by atoms with Gasteiger partial charge in [0, 0.05) is 31.5 Å². The molecule has 1 aliphatic rings. The van der Waals surface area contributed by atoms with Gasteiger partial charge in [-0.1, -0.05) is 0 Å². The zero-order chi connectivity index (χ0) is 17.7. The predicted molar refractivity (Wildman–Crippen MR) is 93.0 cm³/mol. The summed E-state index contributed by atoms with van der Waals surface area (Å²) in [6, 6.07) is 1.79. The third kappa shape index (κ3) is 5.28. The minimum absolute atomic E-state index is 0.0476. The highest BCUT2D eigenvalue weighted by Gasteiger charge is 2.27. The maximum absolute atomic E-state index is 12.2. The smallest absolute Gasteiger partial charge is 0.410 e. The average Bonchev–Trinajstić information content (AvgIpc) is 2.92. The molecule has 6 nitrogen and oxygen atoms in total. The number of likely N-dealkylation sites (tertiary alicyclic amines) is 1. The second-order valence-electron chi connectivity index (χ2n) is 7.50. The number of hydrogen-bond acceptors (Lipinski definition) is 3. The molecule has 1 aromatic heterocycles. The molecule has 2 amide bonds. The van der Waals surface area contributed by atoms with Crippen LogP contribution in [0.2, 0.25) is 0 Å². The Morgan fingerprint density at radius 2 is 2.17 bits per heavy atom. The molecule has 1 atom stereocenters. The van der Waals surface area contributed by atoms with Crippen LogP contribution in [-0.4, -0.2) is 47.1 Å². The average molecular weight is 335 g/mol. The van der Waals surface area contributed by atoms with Gasteiger partial charge in [-0.25, -0.2) is 4.79 Å². The molecule has 0 saturated carbocycles. The summed E-state index contributed by atoms with van der Waals surface area (Å²) in [7, 11) is 0. The van der Waals surface area contributed by atoms with E-state index in [2.05, 4.69) is 10.3 Å². The molecular formula is C18H29N3O3. The first kappa shape index (κ1) is 18.4. The van der Waals surface area contributed by atoms with E-state index in [4.69, 9.17) is 4.74 Å². The van der Waals surface area contributed by atoms with E-state index >= 15 is 0 Å². The number of nitrogens with one attached hydrogen (secondary N) is 2. The molecule has 1 fully saturated rings. The van der Waals surface area contributed by atoms with Gasteiger partial charge in [0.05, 0.1) is 5.56 Å². The summed E-state index contributed by atoms with van der Waals surface area (Å²) in [6.45, 7) is 9.60. The highest BCUT2D eigenvalue weighted by Crippen LogP contribution is 2.21. The van der Waals surface area contributed by atoms with Crippen LogP contribution < -0.4 is 5.32 Å². The minimum Gasteiger partial charge on any atom is -0.444 e. The lowest BCUT2D eigenvalue weighted by Crippen LogP contribution is -2.43. The molecule has 1 aromatic rings. The number of hydrogen-bond donors (Lipinski definition) is 2. The highest BCUT2D eigenvalue weighted by atomic mass is 16.6. The molecule has 6 heteroatoms. The topological polar surface area (TPSA) is 74.4 Å². The Bertz CT molecular complexity index is 574. The summed E-state index contributed by atoms with van der Waals surface area (Å²) in [5.41, 5.74) is 1.10. The van der Waals surface area contributed by atoms with Gasteiger partial charge < -0.3 is 19.9 Å². The Hall–Kier alpha value is -1.98. The van der Waals surface area contributed by atoms with Gasteiger partial charge in [-0.2, -0.15) is 0 Å². The first-order valence-corrected chi connectivity index (χ1v) is 8.66. The van der Waals surface area contributed by atoms with Gasteiger partial charge in [0.2, 0.25) is 0 Å². The van der Waals surface area contributed by atoms with E-state index in [1.807, 2.05) is 27.7 Å². The lowest BCUT2D eigenvalue weighted by molar-refractivity contribution is 0.0161. The van der Waals surface area contributed by atoms with Crippen molar-refractivity contribution in [1.29, 1.82) is 0 Å². The number of carbonyl (C=O) groups is 2. The number of H-pyrrole nitrogens is 1. The fourth-order valence-corrected chi connectivity index (χ4v) is 2.98. The maximum Gasteiger partial charge on any atom is 0.410 e. The Balaban J connectivity index is 1.76. The highest BCUT2D eigenvalue weighted by molar-refractivity contribution is 5.95. The second kappa shape index (κ2) is 7.73. The van der Waals surface area contributed by atoms with Crippen molar-refractivity contribution in [3.63, 3.8) is 0 Å². The fraction of sp³-hybridized carbons (Fsp3) is 0.667. The number of piperidine rings is 1. The molecular weight excluding hydrogens is 306 g/mol. The number of carbonyl (C=O) groups excluding carboxylic acids is 2. The number of aromatic nitrogens is 1. The maximum atomic E-state index is 12.2. The Morgan fingerprint density at radius 1 is 1.42 bits per heavy atom. The summed E-state index contributed by atoms with van der Waals surface area (Å²) in [6.07, 6.45) is 4.46. The quantitative estimate of drug-likeness (QED) is 0.888. The number of rotatable bonds is 4. The van der Waals surface area contributed by atoms with Gasteiger partial charge in [-0.05, 0) is 58.9 Å². The van der Waals surface area contributed by atoms with E-state index in [0.29, 0.717) is 24.6 Å². The van der Waals surface area contributed by atoms with Crippen molar-refractivity contribution >= 4 is 12.0 Å². The van der Waals surface area contributed by atoms with Gasteiger partial charge in [-0.3, -0.25) is 4.79 Å². The molecule has 134 valence electrons. The Kier molecular flexibility index (Phi) is 5.91. The fourth-order valence-electron chi connectivity index (χ4n) is 2.98. The van der Waals surface area contributed by atoms with E-state index in [1.165, 1.54) is 0 Å². The van der Waals surface area contributed by atoms with E-state index in [0.717, 1.165) is 31.5 Å². The van der Waals surface area contributed by atoms with Crippen LogP contribution in [0.15, 0.2) is 12.3 Å². The molecule has 2 rings (SSSR count). The van der Waals surface area contributed by atoms with Crippen molar-refractivity contribution in [2.45, 2.75) is 52.6 Å². The second-order valence-corrected chi connectivity index (χ2v) is 7.50. The number of aromatic amines is 1. The number of aryl methyl sites for hydroxylation is 1. The molecule has 24 heavy (non-hydrogen) atoms. The van der Waals surface area contributed by atoms with Gasteiger partial charge in [0.25, 0.3) is 5.91 Å². The molecule has 0 spiro atoms. The molecule has 0 aromatic carbocycles. The summed E-state index contributed by atoms with van der Waals surface area (Å²) >= 11 is 0. The first-order valence-electron chi connectivity index (χ1n) is 8.66. The number of ether oxygens (including phenoxy) is 1. The van der Waals surface area contributed by atoms with Crippen molar-refractivity contribution in [3.05, 3.63) is 23.5 Å². The van der Waals surface area contributed by atoms with Crippen LogP contribution in [0.5, 0.6) is 0 Å². The third-order valence-corrected chi connectivity index (χ3v) is 4.21. The number of nitrogens with zero attached hydrogens (tertiary/aromatic N) is 1. The van der Waals surface area contributed by atoms with Gasteiger partial charge >= 0.3 is 6.09 Å². The lowest BCUT2D eigenvalue weighted by Gasteiger charge is -2.34. The molecule has 2 heterocycles. The predicted octanol–water partition coefficient (Wildman–Crippen LogP) is 3.09.